The Balaban J connectivity index is 2.01. The molecule has 0 N–H and O–H groups in total. The van der Waals surface area contributed by atoms with E-state index in [4.69, 9.17) is 0 Å². The van der Waals surface area contributed by atoms with Crippen molar-refractivity contribution in [3.05, 3.63) is 64.7 Å². The van der Waals surface area contributed by atoms with Crippen LogP contribution in [0.2, 0.25) is 0 Å². The van der Waals surface area contributed by atoms with Crippen LogP contribution in [0.5, 0.6) is 0 Å². The molecule has 136 valence electrons. The van der Waals surface area contributed by atoms with E-state index in [2.05, 4.69) is 93.9 Å². The first-order valence-corrected chi connectivity index (χ1v) is 9.54. The number of nitrogens with zero attached hydrogens (tertiary/aromatic N) is 2. The molecule has 0 spiro atoms. The van der Waals surface area contributed by atoms with Gasteiger partial charge in [-0.1, -0.05) is 30.7 Å². The van der Waals surface area contributed by atoms with E-state index in [0.717, 1.165) is 18.7 Å². The van der Waals surface area contributed by atoms with Crippen molar-refractivity contribution in [1.82, 2.24) is 0 Å². The molecule has 0 atom stereocenters. The third-order valence-corrected chi connectivity index (χ3v) is 5.20. The van der Waals surface area contributed by atoms with Crippen molar-refractivity contribution >= 4 is 23.2 Å². The van der Waals surface area contributed by atoms with Gasteiger partial charge in [0.15, 0.2) is 0 Å². The molecule has 0 fully saturated rings. The zero-order valence-corrected chi connectivity index (χ0v) is 16.9. The summed E-state index contributed by atoms with van der Waals surface area (Å²) < 4.78 is 0. The molecule has 0 aromatic heterocycles. The molecule has 26 heavy (non-hydrogen) atoms. The van der Waals surface area contributed by atoms with E-state index in [0.29, 0.717) is 0 Å². The van der Waals surface area contributed by atoms with Crippen molar-refractivity contribution in [3.8, 4) is 0 Å². The third kappa shape index (κ3) is 3.60. The van der Waals surface area contributed by atoms with Crippen LogP contribution < -0.4 is 4.90 Å². The van der Waals surface area contributed by atoms with Crippen molar-refractivity contribution in [3.63, 3.8) is 0 Å². The lowest BCUT2D eigenvalue weighted by Gasteiger charge is -2.43. The van der Waals surface area contributed by atoms with Gasteiger partial charge in [0, 0.05) is 24.0 Å². The number of aryl methyl sites for hydroxylation is 2. The monoisotopic (exact) mass is 346 g/mol. The largest absolute Gasteiger partial charge is 0.362 e. The third-order valence-electron chi connectivity index (χ3n) is 5.20. The summed E-state index contributed by atoms with van der Waals surface area (Å²) in [6.45, 7) is 14.4. The average molecular weight is 347 g/mol. The highest BCUT2D eigenvalue weighted by molar-refractivity contribution is 5.90. The fourth-order valence-electron chi connectivity index (χ4n) is 3.79. The summed E-state index contributed by atoms with van der Waals surface area (Å²) in [5.74, 6) is 0. The molecular formula is C24H30N2. The van der Waals surface area contributed by atoms with Gasteiger partial charge < -0.3 is 4.90 Å². The SMILES string of the molecule is CCCN1c2cc(C)c(C=Nc3ccc(C)cc3)cc2C(C)=CC1(C)C. The highest BCUT2D eigenvalue weighted by atomic mass is 15.2. The molecule has 2 nitrogen and oxygen atoms in total. The lowest BCUT2D eigenvalue weighted by Crippen LogP contribution is -2.45. The molecular weight excluding hydrogens is 316 g/mol. The van der Waals surface area contributed by atoms with E-state index >= 15 is 0 Å². The quantitative estimate of drug-likeness (QED) is 0.580. The van der Waals surface area contributed by atoms with Crippen LogP contribution in [0.1, 0.15) is 56.4 Å². The van der Waals surface area contributed by atoms with E-state index in [-0.39, 0.29) is 5.54 Å². The van der Waals surface area contributed by atoms with Gasteiger partial charge in [0.05, 0.1) is 11.2 Å². The van der Waals surface area contributed by atoms with Gasteiger partial charge in [0.2, 0.25) is 0 Å². The second-order valence-corrected chi connectivity index (χ2v) is 7.95. The molecule has 1 aliphatic heterocycles. The fraction of sp³-hybridized carbons (Fsp3) is 0.375. The number of allylic oxidation sites excluding steroid dienone is 1. The highest BCUT2D eigenvalue weighted by Crippen LogP contribution is 2.40. The first kappa shape index (κ1) is 18.4. The smallest absolute Gasteiger partial charge is 0.0630 e. The van der Waals surface area contributed by atoms with Crippen LogP contribution in [0.25, 0.3) is 5.57 Å². The van der Waals surface area contributed by atoms with Gasteiger partial charge in [-0.3, -0.25) is 4.99 Å². The van der Waals surface area contributed by atoms with Crippen molar-refractivity contribution in [2.45, 2.75) is 53.5 Å². The van der Waals surface area contributed by atoms with Gasteiger partial charge in [0.1, 0.15) is 0 Å². The van der Waals surface area contributed by atoms with Gasteiger partial charge in [0.25, 0.3) is 0 Å². The number of anilines is 1. The standard InChI is InChI=1S/C24H30N2/c1-7-12-26-23-13-18(3)20(14-22(23)19(4)15-24(26,5)6)16-25-21-10-8-17(2)9-11-21/h8-11,13-16H,7,12H2,1-6H3. The van der Waals surface area contributed by atoms with E-state index in [9.17, 15) is 0 Å². The molecule has 3 rings (SSSR count). The average Bonchev–Trinajstić information content (AvgIpc) is 2.58. The van der Waals surface area contributed by atoms with Crippen molar-refractivity contribution in [1.29, 1.82) is 0 Å². The molecule has 0 amide bonds. The van der Waals surface area contributed by atoms with Gasteiger partial charge in [-0.05, 0) is 82.0 Å². The predicted octanol–water partition coefficient (Wildman–Crippen LogP) is 6.47. The molecule has 0 bridgehead atoms. The molecule has 2 aromatic rings. The number of hydrogen-bond donors (Lipinski definition) is 0. The summed E-state index contributed by atoms with van der Waals surface area (Å²) in [6.07, 6.45) is 5.53. The maximum atomic E-state index is 4.68. The van der Waals surface area contributed by atoms with Crippen molar-refractivity contribution < 1.29 is 0 Å². The Kier molecular flexibility index (Phi) is 5.04. The Hall–Kier alpha value is -2.35. The summed E-state index contributed by atoms with van der Waals surface area (Å²) in [7, 11) is 0. The van der Waals surface area contributed by atoms with E-state index in [1.54, 1.807) is 0 Å². The molecule has 0 unspecified atom stereocenters. The fourth-order valence-corrected chi connectivity index (χ4v) is 3.79. The molecule has 0 aliphatic carbocycles. The maximum Gasteiger partial charge on any atom is 0.0630 e. The number of rotatable bonds is 4. The summed E-state index contributed by atoms with van der Waals surface area (Å²) in [5, 5.41) is 0. The predicted molar refractivity (Wildman–Crippen MR) is 115 cm³/mol. The lowest BCUT2D eigenvalue weighted by molar-refractivity contribution is 0.550. The Bertz CT molecular complexity index is 855. The summed E-state index contributed by atoms with van der Waals surface area (Å²) in [5.41, 5.74) is 8.79. The number of aliphatic imine (C=N–C) groups is 1. The van der Waals surface area contributed by atoms with Crippen LogP contribution in [-0.4, -0.2) is 18.3 Å². The minimum absolute atomic E-state index is 0.0526. The molecule has 0 saturated carbocycles. The molecule has 1 heterocycles. The summed E-state index contributed by atoms with van der Waals surface area (Å²) >= 11 is 0. The number of hydrogen-bond acceptors (Lipinski definition) is 2. The minimum Gasteiger partial charge on any atom is -0.362 e. The summed E-state index contributed by atoms with van der Waals surface area (Å²) in [6, 6.07) is 13.0. The Labute approximate surface area is 158 Å². The van der Waals surface area contributed by atoms with Crippen LogP contribution in [0.3, 0.4) is 0 Å². The van der Waals surface area contributed by atoms with Gasteiger partial charge >= 0.3 is 0 Å². The van der Waals surface area contributed by atoms with E-state index in [1.165, 1.54) is 33.5 Å². The van der Waals surface area contributed by atoms with Gasteiger partial charge in [-0.2, -0.15) is 0 Å². The summed E-state index contributed by atoms with van der Waals surface area (Å²) in [4.78, 5) is 7.21. The van der Waals surface area contributed by atoms with Crippen LogP contribution in [-0.2, 0) is 0 Å². The second kappa shape index (κ2) is 7.11. The van der Waals surface area contributed by atoms with Crippen LogP contribution in [0, 0.1) is 13.8 Å². The normalized spacial score (nSPS) is 15.9. The van der Waals surface area contributed by atoms with E-state index < -0.39 is 0 Å². The zero-order valence-electron chi connectivity index (χ0n) is 16.9. The topological polar surface area (TPSA) is 15.6 Å². The zero-order chi connectivity index (χ0) is 18.9. The number of fused-ring (bicyclic) bond motifs is 1. The Morgan fingerprint density at radius 2 is 1.73 bits per heavy atom. The minimum atomic E-state index is 0.0526. The molecule has 1 aliphatic rings. The van der Waals surface area contributed by atoms with Crippen LogP contribution >= 0.6 is 0 Å². The van der Waals surface area contributed by atoms with Crippen molar-refractivity contribution in [2.24, 2.45) is 4.99 Å². The Morgan fingerprint density at radius 1 is 1.04 bits per heavy atom. The first-order chi connectivity index (χ1) is 12.3. The highest BCUT2D eigenvalue weighted by Gasteiger charge is 2.30. The Morgan fingerprint density at radius 3 is 2.38 bits per heavy atom. The van der Waals surface area contributed by atoms with Crippen LogP contribution in [0.4, 0.5) is 11.4 Å². The van der Waals surface area contributed by atoms with Gasteiger partial charge in [-0.15, -0.1) is 0 Å². The molecule has 0 radical (unpaired) electrons. The van der Waals surface area contributed by atoms with Gasteiger partial charge in [-0.25, -0.2) is 0 Å². The first-order valence-electron chi connectivity index (χ1n) is 9.54. The number of benzene rings is 2. The molecule has 2 aromatic carbocycles. The van der Waals surface area contributed by atoms with E-state index in [1.807, 2.05) is 6.21 Å². The molecule has 2 heteroatoms. The maximum absolute atomic E-state index is 4.68. The van der Waals surface area contributed by atoms with Crippen LogP contribution in [0.15, 0.2) is 47.5 Å². The lowest BCUT2D eigenvalue weighted by atomic mass is 9.87. The van der Waals surface area contributed by atoms with Crippen molar-refractivity contribution in [2.75, 3.05) is 11.4 Å². The molecule has 0 saturated heterocycles. The second-order valence-electron chi connectivity index (χ2n) is 7.95.